The standard InChI is InChI=1S/C46H46S/c1-9-16-35-36-23-22-34(33(10-2)44(36)30(6)46(7,8)42(35)11-3)39-25-29(5)40(26-28(39)4)37-19-15-20-38-41-27-32(31-17-13-12-14-18-31)21-24-43(41)47-45(37)38/h9-11,15-16,19-27,31H,2-3,6,12-14,17-18H2,1,4-5,7-8H3/b16-9-. The Bertz CT molecular complexity index is 2170. The van der Waals surface area contributed by atoms with Gasteiger partial charge in [-0.1, -0.05) is 126 Å². The minimum Gasteiger partial charge on any atom is -0.135 e. The lowest BCUT2D eigenvalue weighted by Crippen LogP contribution is -2.22. The van der Waals surface area contributed by atoms with Gasteiger partial charge in [-0.05, 0) is 124 Å². The minimum absolute atomic E-state index is 0.241. The molecule has 0 aliphatic heterocycles. The summed E-state index contributed by atoms with van der Waals surface area (Å²) in [4.78, 5) is 0. The van der Waals surface area contributed by atoms with Crippen molar-refractivity contribution in [2.75, 3.05) is 0 Å². The van der Waals surface area contributed by atoms with Gasteiger partial charge in [-0.15, -0.1) is 11.3 Å². The molecule has 7 rings (SSSR count). The Morgan fingerprint density at radius 2 is 1.47 bits per heavy atom. The average molecular weight is 631 g/mol. The molecule has 1 saturated carbocycles. The summed E-state index contributed by atoms with van der Waals surface area (Å²) < 4.78 is 2.77. The van der Waals surface area contributed by atoms with Crippen LogP contribution in [0.1, 0.15) is 92.2 Å². The van der Waals surface area contributed by atoms with E-state index >= 15 is 0 Å². The van der Waals surface area contributed by atoms with Gasteiger partial charge in [0.05, 0.1) is 0 Å². The number of aryl methyl sites for hydroxylation is 2. The number of benzene rings is 4. The van der Waals surface area contributed by atoms with E-state index < -0.39 is 0 Å². The van der Waals surface area contributed by atoms with E-state index in [1.807, 2.05) is 23.5 Å². The number of rotatable bonds is 6. The van der Waals surface area contributed by atoms with Crippen LogP contribution in [0.2, 0.25) is 0 Å². The van der Waals surface area contributed by atoms with Crippen LogP contribution in [0.4, 0.5) is 0 Å². The maximum absolute atomic E-state index is 4.66. The van der Waals surface area contributed by atoms with E-state index in [1.54, 1.807) is 0 Å². The summed E-state index contributed by atoms with van der Waals surface area (Å²) in [7, 11) is 0. The molecule has 0 nitrogen and oxygen atoms in total. The predicted molar refractivity (Wildman–Crippen MR) is 210 cm³/mol. The van der Waals surface area contributed by atoms with Crippen LogP contribution < -0.4 is 0 Å². The van der Waals surface area contributed by atoms with Gasteiger partial charge in [-0.2, -0.15) is 0 Å². The van der Waals surface area contributed by atoms with Gasteiger partial charge < -0.3 is 0 Å². The summed E-state index contributed by atoms with van der Waals surface area (Å²) in [5, 5.41) is 2.80. The van der Waals surface area contributed by atoms with Gasteiger partial charge in [0.15, 0.2) is 0 Å². The van der Waals surface area contributed by atoms with Crippen LogP contribution in [0.25, 0.3) is 59.6 Å². The van der Waals surface area contributed by atoms with Crippen LogP contribution in [0.5, 0.6) is 0 Å². The molecule has 47 heavy (non-hydrogen) atoms. The van der Waals surface area contributed by atoms with Gasteiger partial charge in [-0.3, -0.25) is 0 Å². The number of fused-ring (bicyclic) bond motifs is 4. The van der Waals surface area contributed by atoms with Gasteiger partial charge in [-0.25, -0.2) is 0 Å². The second-order valence-electron chi connectivity index (χ2n) is 14.1. The third-order valence-corrected chi connectivity index (χ3v) is 12.3. The molecule has 4 aromatic carbocycles. The molecular formula is C46H46S. The lowest BCUT2D eigenvalue weighted by Gasteiger charge is -2.38. The topological polar surface area (TPSA) is 0 Å². The minimum atomic E-state index is -0.241. The molecule has 0 spiro atoms. The van der Waals surface area contributed by atoms with Crippen molar-refractivity contribution >= 4 is 48.7 Å². The Morgan fingerprint density at radius 1 is 0.766 bits per heavy atom. The van der Waals surface area contributed by atoms with E-state index in [0.717, 1.165) is 11.1 Å². The summed E-state index contributed by atoms with van der Waals surface area (Å²) in [6.45, 7) is 24.3. The van der Waals surface area contributed by atoms with Gasteiger partial charge >= 0.3 is 0 Å². The molecule has 2 aliphatic rings. The molecule has 0 amide bonds. The zero-order chi connectivity index (χ0) is 33.0. The molecule has 236 valence electrons. The predicted octanol–water partition coefficient (Wildman–Crippen LogP) is 14.3. The fourth-order valence-electron chi connectivity index (χ4n) is 8.40. The van der Waals surface area contributed by atoms with Crippen molar-refractivity contribution in [3.05, 3.63) is 138 Å². The van der Waals surface area contributed by atoms with E-state index in [0.29, 0.717) is 5.92 Å². The van der Waals surface area contributed by atoms with E-state index in [4.69, 9.17) is 0 Å². The molecule has 0 N–H and O–H groups in total. The highest BCUT2D eigenvalue weighted by Crippen LogP contribution is 2.53. The van der Waals surface area contributed by atoms with Crippen molar-refractivity contribution in [3.8, 4) is 22.3 Å². The van der Waals surface area contributed by atoms with Crippen molar-refractivity contribution in [2.24, 2.45) is 5.41 Å². The van der Waals surface area contributed by atoms with Crippen LogP contribution in [0.3, 0.4) is 0 Å². The van der Waals surface area contributed by atoms with Crippen molar-refractivity contribution in [1.82, 2.24) is 0 Å². The van der Waals surface area contributed by atoms with Crippen molar-refractivity contribution < 1.29 is 0 Å². The first-order chi connectivity index (χ1) is 22.7. The van der Waals surface area contributed by atoms with Crippen molar-refractivity contribution in [3.63, 3.8) is 0 Å². The van der Waals surface area contributed by atoms with E-state index in [1.165, 1.54) is 113 Å². The highest BCUT2D eigenvalue weighted by molar-refractivity contribution is 7.26. The lowest BCUT2D eigenvalue weighted by molar-refractivity contribution is 0.444. The molecule has 0 atom stereocenters. The zero-order valence-corrected chi connectivity index (χ0v) is 29.5. The smallest absolute Gasteiger partial charge is 0.0433 e. The quantitative estimate of drug-likeness (QED) is 0.175. The molecule has 0 bridgehead atoms. The van der Waals surface area contributed by atoms with Crippen LogP contribution in [0.15, 0.2) is 104 Å². The molecule has 1 heterocycles. The number of hydrogen-bond acceptors (Lipinski definition) is 1. The molecule has 0 radical (unpaired) electrons. The Morgan fingerprint density at radius 3 is 2.15 bits per heavy atom. The van der Waals surface area contributed by atoms with E-state index in [9.17, 15) is 0 Å². The maximum Gasteiger partial charge on any atom is 0.0433 e. The summed E-state index contributed by atoms with van der Waals surface area (Å²) in [6.07, 6.45) is 15.1. The Balaban J connectivity index is 1.36. The normalized spacial score (nSPS) is 16.7. The van der Waals surface area contributed by atoms with Gasteiger partial charge in [0, 0.05) is 25.6 Å². The van der Waals surface area contributed by atoms with Gasteiger partial charge in [0.25, 0.3) is 0 Å². The van der Waals surface area contributed by atoms with Crippen LogP contribution in [-0.2, 0) is 0 Å². The first kappa shape index (κ1) is 31.4. The van der Waals surface area contributed by atoms with Crippen molar-refractivity contribution in [2.45, 2.75) is 72.6 Å². The molecule has 2 aliphatic carbocycles. The monoisotopic (exact) mass is 630 g/mol. The fraction of sp³-hybridized carbons (Fsp3) is 0.261. The second kappa shape index (κ2) is 12.1. The molecular weight excluding hydrogens is 585 g/mol. The summed E-state index contributed by atoms with van der Waals surface area (Å²) >= 11 is 1.94. The van der Waals surface area contributed by atoms with E-state index in [2.05, 4.69) is 127 Å². The summed E-state index contributed by atoms with van der Waals surface area (Å²) in [5.41, 5.74) is 16.0. The van der Waals surface area contributed by atoms with Crippen LogP contribution in [0, 0.1) is 19.3 Å². The van der Waals surface area contributed by atoms with E-state index in [-0.39, 0.29) is 5.41 Å². The molecule has 1 aromatic heterocycles. The first-order valence-corrected chi connectivity index (χ1v) is 18.1. The number of allylic oxidation sites excluding steroid dienone is 6. The third-order valence-electron chi connectivity index (χ3n) is 11.0. The number of hydrogen-bond donors (Lipinski definition) is 0. The number of thiophene rings is 1. The molecule has 1 fully saturated rings. The largest absolute Gasteiger partial charge is 0.135 e. The SMILES string of the molecule is C=CC1=C(/C=C\C)c2ccc(-c3cc(C)c(-c4cccc5c4sc4ccc(C6CCCCC6)cc45)cc3C)c(C=C)c2C(=C)C1(C)C. The Labute approximate surface area is 285 Å². The molecule has 5 aromatic rings. The van der Waals surface area contributed by atoms with Crippen LogP contribution >= 0.6 is 11.3 Å². The average Bonchev–Trinajstić information content (AvgIpc) is 3.46. The zero-order valence-electron chi connectivity index (χ0n) is 28.7. The molecule has 1 heteroatoms. The van der Waals surface area contributed by atoms with Gasteiger partial charge in [0.2, 0.25) is 0 Å². The maximum atomic E-state index is 4.66. The van der Waals surface area contributed by atoms with Crippen LogP contribution in [-0.4, -0.2) is 0 Å². The Hall–Kier alpha value is -4.20. The molecule has 0 saturated heterocycles. The molecule has 0 unspecified atom stereocenters. The summed E-state index contributed by atoms with van der Waals surface area (Å²) in [6, 6.07) is 23.5. The summed E-state index contributed by atoms with van der Waals surface area (Å²) in [5.74, 6) is 0.714. The third kappa shape index (κ3) is 5.02. The fourth-order valence-corrected chi connectivity index (χ4v) is 9.61. The highest BCUT2D eigenvalue weighted by atomic mass is 32.1. The highest BCUT2D eigenvalue weighted by Gasteiger charge is 2.36. The Kier molecular flexibility index (Phi) is 8.09. The first-order valence-electron chi connectivity index (χ1n) is 17.3. The van der Waals surface area contributed by atoms with Crippen molar-refractivity contribution in [1.29, 1.82) is 0 Å². The lowest BCUT2D eigenvalue weighted by atomic mass is 9.65. The van der Waals surface area contributed by atoms with Gasteiger partial charge in [0.1, 0.15) is 0 Å². The second-order valence-corrected chi connectivity index (χ2v) is 15.2.